The Morgan fingerprint density at radius 1 is 1.43 bits per heavy atom. The fourth-order valence-electron chi connectivity index (χ4n) is 2.87. The number of aromatic nitrogens is 1. The number of ether oxygens (including phenoxy) is 1. The van der Waals surface area contributed by atoms with Crippen molar-refractivity contribution in [2.45, 2.75) is 19.8 Å². The molecule has 0 fully saturated rings. The average Bonchev–Trinajstić information content (AvgIpc) is 2.93. The van der Waals surface area contributed by atoms with Crippen LogP contribution in [-0.2, 0) is 17.6 Å². The third kappa shape index (κ3) is 2.99. The molecule has 0 saturated carbocycles. The first-order valence-electron chi connectivity index (χ1n) is 7.19. The minimum Gasteiger partial charge on any atom is -0.465 e. The van der Waals surface area contributed by atoms with Crippen molar-refractivity contribution in [3.63, 3.8) is 0 Å². The minimum atomic E-state index is -0.411. The molecule has 0 atom stereocenters. The molecule has 2 aromatic rings. The third-order valence-electron chi connectivity index (χ3n) is 3.94. The van der Waals surface area contributed by atoms with E-state index in [1.807, 2.05) is 12.1 Å². The zero-order valence-corrected chi connectivity index (χ0v) is 13.6. The number of carbonyl (C=O) groups excluding carboxylic acids is 1. The molecule has 0 saturated heterocycles. The normalized spacial score (nSPS) is 12.8. The van der Waals surface area contributed by atoms with Crippen LogP contribution >= 0.6 is 11.6 Å². The molecule has 0 unspecified atom stereocenters. The second-order valence-electron chi connectivity index (χ2n) is 5.58. The summed E-state index contributed by atoms with van der Waals surface area (Å²) in [6.45, 7) is 1.78. The first kappa shape index (κ1) is 15.7. The van der Waals surface area contributed by atoms with Crippen LogP contribution in [0.1, 0.15) is 32.7 Å². The van der Waals surface area contributed by atoms with E-state index in [4.69, 9.17) is 16.3 Å². The number of carbonyl (C=O) groups is 1. The zero-order chi connectivity index (χ0) is 16.6. The molecule has 1 aromatic carbocycles. The summed E-state index contributed by atoms with van der Waals surface area (Å²) in [6, 6.07) is 4.99. The van der Waals surface area contributed by atoms with Gasteiger partial charge in [-0.15, -0.1) is 0 Å². The quantitative estimate of drug-likeness (QED) is 0.793. The topological polar surface area (TPSA) is 39.2 Å². The Morgan fingerprint density at radius 2 is 2.22 bits per heavy atom. The van der Waals surface area contributed by atoms with E-state index in [1.165, 1.54) is 13.2 Å². The van der Waals surface area contributed by atoms with Gasteiger partial charge in [0.2, 0.25) is 0 Å². The Kier molecular flexibility index (Phi) is 4.18. The van der Waals surface area contributed by atoms with Gasteiger partial charge in [-0.05, 0) is 54.7 Å². The van der Waals surface area contributed by atoms with E-state index < -0.39 is 5.82 Å². The number of pyridine rings is 1. The molecule has 0 amide bonds. The lowest BCUT2D eigenvalue weighted by Crippen LogP contribution is -2.07. The molecule has 0 bridgehead atoms. The van der Waals surface area contributed by atoms with Crippen LogP contribution in [-0.4, -0.2) is 18.1 Å². The van der Waals surface area contributed by atoms with Crippen LogP contribution in [0.15, 0.2) is 30.0 Å². The molecule has 5 heteroatoms. The summed E-state index contributed by atoms with van der Waals surface area (Å²) in [4.78, 5) is 16.1. The van der Waals surface area contributed by atoms with Gasteiger partial charge in [0.25, 0.3) is 0 Å². The third-order valence-corrected chi connectivity index (χ3v) is 4.42. The lowest BCUT2D eigenvalue weighted by molar-refractivity contribution is 0.0599. The maximum Gasteiger partial charge on any atom is 0.338 e. The Hall–Kier alpha value is -2.20. The number of esters is 1. The predicted octanol–water partition coefficient (Wildman–Crippen LogP) is 4.15. The molecule has 0 radical (unpaired) electrons. The number of fused-ring (bicyclic) bond motifs is 1. The van der Waals surface area contributed by atoms with Crippen LogP contribution in [0, 0.1) is 12.7 Å². The Bertz CT molecular complexity index is 807. The van der Waals surface area contributed by atoms with Crippen molar-refractivity contribution in [1.82, 2.24) is 4.98 Å². The van der Waals surface area contributed by atoms with Crippen LogP contribution in [0.3, 0.4) is 0 Å². The monoisotopic (exact) mass is 331 g/mol. The molecule has 1 heterocycles. The summed E-state index contributed by atoms with van der Waals surface area (Å²) in [6.07, 6.45) is 4.74. The SMILES string of the molecule is COC(=O)c1ccnc2c1CC(Cc1cc(C)c(Cl)c(F)c1)=C2. The Morgan fingerprint density at radius 3 is 2.91 bits per heavy atom. The highest BCUT2D eigenvalue weighted by Crippen LogP contribution is 2.30. The maximum atomic E-state index is 13.8. The van der Waals surface area contributed by atoms with Gasteiger partial charge < -0.3 is 4.74 Å². The van der Waals surface area contributed by atoms with Crippen LogP contribution in [0.2, 0.25) is 5.02 Å². The number of methoxy groups -OCH3 is 1. The van der Waals surface area contributed by atoms with E-state index in [-0.39, 0.29) is 11.0 Å². The number of hydrogen-bond acceptors (Lipinski definition) is 3. The highest BCUT2D eigenvalue weighted by molar-refractivity contribution is 6.31. The van der Waals surface area contributed by atoms with Crippen molar-refractivity contribution in [3.05, 3.63) is 68.8 Å². The van der Waals surface area contributed by atoms with Gasteiger partial charge in [-0.1, -0.05) is 23.2 Å². The van der Waals surface area contributed by atoms with Crippen LogP contribution in [0.4, 0.5) is 4.39 Å². The molecule has 3 nitrogen and oxygen atoms in total. The standard InChI is InChI=1S/C18H15ClFNO2/c1-10-5-11(8-15(20)17(10)19)6-12-7-14-13(18(22)23-2)3-4-21-16(14)9-12/h3-5,8-9H,6-7H2,1-2H3. The molecule has 0 spiro atoms. The van der Waals surface area contributed by atoms with E-state index in [9.17, 15) is 9.18 Å². The minimum absolute atomic E-state index is 0.159. The molecule has 23 heavy (non-hydrogen) atoms. The fraction of sp³-hybridized carbons (Fsp3) is 0.222. The molecular formula is C18H15ClFNO2. The molecule has 1 aliphatic rings. The molecule has 3 rings (SSSR count). The number of allylic oxidation sites excluding steroid dienone is 1. The molecule has 1 aromatic heterocycles. The summed E-state index contributed by atoms with van der Waals surface area (Å²) in [5.41, 5.74) is 4.80. The summed E-state index contributed by atoms with van der Waals surface area (Å²) in [5, 5.41) is 0.159. The van der Waals surface area contributed by atoms with Gasteiger partial charge in [0.1, 0.15) is 5.82 Å². The van der Waals surface area contributed by atoms with Gasteiger partial charge in [0.05, 0.1) is 23.4 Å². The second kappa shape index (κ2) is 6.13. The Labute approximate surface area is 138 Å². The van der Waals surface area contributed by atoms with Crippen molar-refractivity contribution >= 4 is 23.6 Å². The van der Waals surface area contributed by atoms with E-state index >= 15 is 0 Å². The summed E-state index contributed by atoms with van der Waals surface area (Å²) in [7, 11) is 1.36. The van der Waals surface area contributed by atoms with Crippen molar-refractivity contribution in [3.8, 4) is 0 Å². The lowest BCUT2D eigenvalue weighted by atomic mass is 10.00. The summed E-state index contributed by atoms with van der Waals surface area (Å²) < 4.78 is 18.6. The highest BCUT2D eigenvalue weighted by Gasteiger charge is 2.21. The lowest BCUT2D eigenvalue weighted by Gasteiger charge is -2.08. The number of aryl methyl sites for hydroxylation is 1. The van der Waals surface area contributed by atoms with Gasteiger partial charge in [-0.2, -0.15) is 0 Å². The van der Waals surface area contributed by atoms with Crippen molar-refractivity contribution in [1.29, 1.82) is 0 Å². The van der Waals surface area contributed by atoms with E-state index in [0.717, 1.165) is 22.4 Å². The van der Waals surface area contributed by atoms with Gasteiger partial charge in [0.15, 0.2) is 0 Å². The predicted molar refractivity (Wildman–Crippen MR) is 87.1 cm³/mol. The first-order chi connectivity index (χ1) is 11.0. The van der Waals surface area contributed by atoms with Crippen LogP contribution < -0.4 is 0 Å². The molecule has 0 N–H and O–H groups in total. The van der Waals surface area contributed by atoms with E-state index in [0.29, 0.717) is 24.0 Å². The molecule has 1 aliphatic carbocycles. The van der Waals surface area contributed by atoms with Gasteiger partial charge >= 0.3 is 5.97 Å². The van der Waals surface area contributed by atoms with E-state index in [1.54, 1.807) is 19.2 Å². The molecule has 0 aliphatic heterocycles. The number of benzene rings is 1. The molecule has 118 valence electrons. The van der Waals surface area contributed by atoms with Crippen molar-refractivity contribution in [2.24, 2.45) is 0 Å². The van der Waals surface area contributed by atoms with E-state index in [2.05, 4.69) is 4.98 Å². The number of nitrogens with zero attached hydrogens (tertiary/aromatic N) is 1. The fourth-order valence-corrected chi connectivity index (χ4v) is 2.98. The largest absolute Gasteiger partial charge is 0.465 e. The number of hydrogen-bond donors (Lipinski definition) is 0. The average molecular weight is 332 g/mol. The second-order valence-corrected chi connectivity index (χ2v) is 5.96. The number of halogens is 2. The first-order valence-corrected chi connectivity index (χ1v) is 7.57. The molecular weight excluding hydrogens is 317 g/mol. The Balaban J connectivity index is 1.86. The van der Waals surface area contributed by atoms with Crippen LogP contribution in [0.5, 0.6) is 0 Å². The summed E-state index contributed by atoms with van der Waals surface area (Å²) in [5.74, 6) is -0.780. The summed E-state index contributed by atoms with van der Waals surface area (Å²) >= 11 is 5.86. The number of rotatable bonds is 3. The highest BCUT2D eigenvalue weighted by atomic mass is 35.5. The van der Waals surface area contributed by atoms with Gasteiger partial charge in [0, 0.05) is 6.20 Å². The van der Waals surface area contributed by atoms with Crippen LogP contribution in [0.25, 0.3) is 6.08 Å². The van der Waals surface area contributed by atoms with Crippen molar-refractivity contribution in [2.75, 3.05) is 7.11 Å². The van der Waals surface area contributed by atoms with Gasteiger partial charge in [-0.3, -0.25) is 4.98 Å². The van der Waals surface area contributed by atoms with Crippen molar-refractivity contribution < 1.29 is 13.9 Å². The maximum absolute atomic E-state index is 13.8. The van der Waals surface area contributed by atoms with Gasteiger partial charge in [-0.25, -0.2) is 9.18 Å². The smallest absolute Gasteiger partial charge is 0.338 e. The zero-order valence-electron chi connectivity index (χ0n) is 12.8.